The van der Waals surface area contributed by atoms with Crippen molar-refractivity contribution in [3.63, 3.8) is 0 Å². The molecule has 0 amide bonds. The Kier molecular flexibility index (Phi) is 8.17. The van der Waals surface area contributed by atoms with Crippen LogP contribution in [-0.4, -0.2) is 4.57 Å². The normalized spacial score (nSPS) is 11.6. The Labute approximate surface area is 353 Å². The molecule has 0 saturated heterocycles. The Morgan fingerprint density at radius 2 is 0.869 bits per heavy atom. The van der Waals surface area contributed by atoms with Crippen LogP contribution in [0.4, 0.5) is 17.1 Å². The maximum Gasteiger partial charge on any atom is 0.160 e. The molecule has 2 aromatic heterocycles. The summed E-state index contributed by atoms with van der Waals surface area (Å²) in [6.07, 6.45) is 0. The van der Waals surface area contributed by atoms with Crippen molar-refractivity contribution in [2.24, 2.45) is 0 Å². The van der Waals surface area contributed by atoms with Gasteiger partial charge in [0, 0.05) is 38.6 Å². The zero-order valence-electron chi connectivity index (χ0n) is 33.2. The van der Waals surface area contributed by atoms with Crippen LogP contribution >= 0.6 is 0 Å². The quantitative estimate of drug-likeness (QED) is 0.161. The van der Waals surface area contributed by atoms with Gasteiger partial charge in [0.25, 0.3) is 0 Å². The summed E-state index contributed by atoms with van der Waals surface area (Å²) in [6, 6.07) is 82.8. The second-order valence-corrected chi connectivity index (χ2v) is 15.7. The molecule has 12 rings (SSSR count). The first-order valence-corrected chi connectivity index (χ1v) is 20.8. The van der Waals surface area contributed by atoms with Crippen molar-refractivity contribution in [3.8, 4) is 39.1 Å². The number of aromatic nitrogens is 1. The molecule has 0 saturated carbocycles. The highest BCUT2D eigenvalue weighted by Gasteiger charge is 2.22. The lowest BCUT2D eigenvalue weighted by atomic mass is 9.98. The van der Waals surface area contributed by atoms with Gasteiger partial charge in [-0.15, -0.1) is 0 Å². The number of nitrogens with zero attached hydrogens (tertiary/aromatic N) is 2. The van der Waals surface area contributed by atoms with Crippen molar-refractivity contribution in [1.29, 1.82) is 0 Å². The molecule has 0 aliphatic rings. The molecule has 2 heterocycles. The van der Waals surface area contributed by atoms with Crippen LogP contribution < -0.4 is 4.90 Å². The predicted molar refractivity (Wildman–Crippen MR) is 257 cm³/mol. The lowest BCUT2D eigenvalue weighted by molar-refractivity contribution is 0.669. The molecule has 3 nitrogen and oxygen atoms in total. The van der Waals surface area contributed by atoms with Crippen LogP contribution in [0.25, 0.3) is 93.6 Å². The highest BCUT2D eigenvalue weighted by molar-refractivity contribution is 6.23. The van der Waals surface area contributed by atoms with E-state index < -0.39 is 0 Å². The van der Waals surface area contributed by atoms with Gasteiger partial charge in [0.05, 0.1) is 16.7 Å². The Morgan fingerprint density at radius 1 is 0.344 bits per heavy atom. The molecule has 0 atom stereocenters. The molecule has 0 fully saturated rings. The van der Waals surface area contributed by atoms with Gasteiger partial charge in [-0.25, -0.2) is 0 Å². The number of para-hydroxylation sites is 3. The maximum atomic E-state index is 6.82. The third-order valence-electron chi connectivity index (χ3n) is 12.2. The van der Waals surface area contributed by atoms with Crippen molar-refractivity contribution in [1.82, 2.24) is 4.57 Å². The Balaban J connectivity index is 0.969. The van der Waals surface area contributed by atoms with Gasteiger partial charge in [-0.3, -0.25) is 0 Å². The van der Waals surface area contributed by atoms with Gasteiger partial charge >= 0.3 is 0 Å². The van der Waals surface area contributed by atoms with E-state index in [9.17, 15) is 0 Å². The smallest absolute Gasteiger partial charge is 0.160 e. The van der Waals surface area contributed by atoms with Crippen LogP contribution in [0.15, 0.2) is 235 Å². The second-order valence-electron chi connectivity index (χ2n) is 15.7. The van der Waals surface area contributed by atoms with E-state index in [2.05, 4.69) is 234 Å². The SMILES string of the molecule is c1ccc(-c2ccc(N(c3cccc(-c4cccc(-c5ccc(-n6c7ccccc7c7ccccc76)cc5)c4)c3)c3cc4ccccc4c4c3oc3ccccc34)cc2)cc1. The van der Waals surface area contributed by atoms with E-state index in [1.165, 1.54) is 49.4 Å². The summed E-state index contributed by atoms with van der Waals surface area (Å²) in [4.78, 5) is 2.35. The fraction of sp³-hybridized carbons (Fsp3) is 0. The Bertz CT molecular complexity index is 3520. The van der Waals surface area contributed by atoms with E-state index >= 15 is 0 Å². The first kappa shape index (κ1) is 34.9. The molecule has 0 spiro atoms. The van der Waals surface area contributed by atoms with Gasteiger partial charge in [-0.1, -0.05) is 164 Å². The number of hydrogen-bond acceptors (Lipinski definition) is 2. The van der Waals surface area contributed by atoms with Gasteiger partial charge < -0.3 is 13.9 Å². The van der Waals surface area contributed by atoms with Gasteiger partial charge in [0.2, 0.25) is 0 Å². The fourth-order valence-electron chi connectivity index (χ4n) is 9.29. The minimum atomic E-state index is 0.865. The molecule has 0 N–H and O–H groups in total. The first-order valence-electron chi connectivity index (χ1n) is 20.8. The number of hydrogen-bond donors (Lipinski definition) is 0. The predicted octanol–water partition coefficient (Wildman–Crippen LogP) is 16.3. The highest BCUT2D eigenvalue weighted by Crippen LogP contribution is 2.46. The van der Waals surface area contributed by atoms with Crippen LogP contribution in [0.1, 0.15) is 0 Å². The van der Waals surface area contributed by atoms with Crippen LogP contribution in [0, 0.1) is 0 Å². The van der Waals surface area contributed by atoms with Crippen LogP contribution in [-0.2, 0) is 0 Å². The van der Waals surface area contributed by atoms with Gasteiger partial charge in [-0.05, 0) is 111 Å². The van der Waals surface area contributed by atoms with Crippen LogP contribution in [0.3, 0.4) is 0 Å². The molecule has 0 radical (unpaired) electrons. The molecule has 286 valence electrons. The number of anilines is 3. The highest BCUT2D eigenvalue weighted by atomic mass is 16.3. The Morgan fingerprint density at radius 3 is 1.61 bits per heavy atom. The zero-order valence-corrected chi connectivity index (χ0v) is 33.2. The largest absolute Gasteiger partial charge is 0.454 e. The summed E-state index contributed by atoms with van der Waals surface area (Å²) in [6.45, 7) is 0. The monoisotopic (exact) mass is 778 g/mol. The fourth-order valence-corrected chi connectivity index (χ4v) is 9.29. The summed E-state index contributed by atoms with van der Waals surface area (Å²) in [7, 11) is 0. The average molecular weight is 779 g/mol. The minimum Gasteiger partial charge on any atom is -0.454 e. The molecule has 12 aromatic rings. The van der Waals surface area contributed by atoms with E-state index in [0.717, 1.165) is 61.2 Å². The third kappa shape index (κ3) is 5.90. The van der Waals surface area contributed by atoms with Crippen molar-refractivity contribution in [2.75, 3.05) is 4.90 Å². The molecular formula is C58H38N2O. The first-order chi connectivity index (χ1) is 30.2. The number of benzene rings is 10. The summed E-state index contributed by atoms with van der Waals surface area (Å²) in [5, 5.41) is 7.12. The number of rotatable bonds is 7. The minimum absolute atomic E-state index is 0.865. The van der Waals surface area contributed by atoms with E-state index in [0.29, 0.717) is 0 Å². The van der Waals surface area contributed by atoms with Gasteiger partial charge in [0.15, 0.2) is 5.58 Å². The number of fused-ring (bicyclic) bond motifs is 8. The molecule has 0 aliphatic heterocycles. The molecule has 61 heavy (non-hydrogen) atoms. The van der Waals surface area contributed by atoms with Crippen LogP contribution in [0.2, 0.25) is 0 Å². The summed E-state index contributed by atoms with van der Waals surface area (Å²) in [5.41, 5.74) is 15.4. The lowest BCUT2D eigenvalue weighted by Crippen LogP contribution is -2.10. The summed E-state index contributed by atoms with van der Waals surface area (Å²) < 4.78 is 9.19. The summed E-state index contributed by atoms with van der Waals surface area (Å²) >= 11 is 0. The van der Waals surface area contributed by atoms with E-state index in [1.54, 1.807) is 0 Å². The molecule has 3 heteroatoms. The topological polar surface area (TPSA) is 21.3 Å². The van der Waals surface area contributed by atoms with Crippen molar-refractivity contribution < 1.29 is 4.42 Å². The molecule has 0 aliphatic carbocycles. The van der Waals surface area contributed by atoms with E-state index in [4.69, 9.17) is 4.42 Å². The standard InChI is InChI=1S/C58H38N2O/c1-2-14-39(15-3-1)40-28-32-46(33-29-40)59(55-38-45-16-4-5-21-49(45)57-52-24-8-11-27-56(52)61-58(55)57)48-20-13-19-44(37-48)43-18-12-17-42(36-43)41-30-34-47(35-31-41)60-53-25-9-6-22-50(53)51-23-7-10-26-54(51)60/h1-38H. The molecule has 0 unspecified atom stereocenters. The van der Waals surface area contributed by atoms with Crippen LogP contribution in [0.5, 0.6) is 0 Å². The van der Waals surface area contributed by atoms with Crippen molar-refractivity contribution in [3.05, 3.63) is 231 Å². The second kappa shape index (κ2) is 14.3. The van der Waals surface area contributed by atoms with Crippen molar-refractivity contribution >= 4 is 71.6 Å². The number of furan rings is 1. The summed E-state index contributed by atoms with van der Waals surface area (Å²) in [5.74, 6) is 0. The maximum absolute atomic E-state index is 6.82. The lowest BCUT2D eigenvalue weighted by Gasteiger charge is -2.27. The molecular weight excluding hydrogens is 741 g/mol. The van der Waals surface area contributed by atoms with E-state index in [1.807, 2.05) is 6.07 Å². The van der Waals surface area contributed by atoms with Gasteiger partial charge in [0.1, 0.15) is 5.58 Å². The van der Waals surface area contributed by atoms with E-state index in [-0.39, 0.29) is 0 Å². The third-order valence-corrected chi connectivity index (χ3v) is 12.2. The van der Waals surface area contributed by atoms with Gasteiger partial charge in [-0.2, -0.15) is 0 Å². The Hall–Kier alpha value is -8.14. The van der Waals surface area contributed by atoms with Crippen molar-refractivity contribution in [2.45, 2.75) is 0 Å². The molecule has 0 bridgehead atoms. The zero-order chi connectivity index (χ0) is 40.3. The molecule has 10 aromatic carbocycles. The average Bonchev–Trinajstić information content (AvgIpc) is 3.89.